The Morgan fingerprint density at radius 1 is 1.25 bits per heavy atom. The minimum atomic E-state index is -3.24. The molecule has 8 nitrogen and oxygen atoms in total. The summed E-state index contributed by atoms with van der Waals surface area (Å²) in [7, 11) is -1.26. The summed E-state index contributed by atoms with van der Waals surface area (Å²) >= 11 is 0. The molecule has 2 aromatic heterocycles. The molecule has 4 rings (SSSR count). The Balaban J connectivity index is 1.83. The monoisotopic (exact) mass is 400 g/mol. The van der Waals surface area contributed by atoms with E-state index in [4.69, 9.17) is 5.73 Å². The zero-order chi connectivity index (χ0) is 19.9. The van der Waals surface area contributed by atoms with Crippen LogP contribution in [-0.2, 0) is 9.84 Å². The van der Waals surface area contributed by atoms with Crippen molar-refractivity contribution in [3.8, 4) is 11.3 Å². The zero-order valence-corrected chi connectivity index (χ0v) is 16.8. The van der Waals surface area contributed by atoms with Gasteiger partial charge in [-0.2, -0.15) is 5.10 Å². The molecule has 1 fully saturated rings. The highest BCUT2D eigenvalue weighted by Crippen LogP contribution is 2.35. The van der Waals surface area contributed by atoms with E-state index in [2.05, 4.69) is 26.4 Å². The fraction of sp³-hybridized carbons (Fsp3) is 0.368. The van der Waals surface area contributed by atoms with E-state index in [1.807, 2.05) is 7.05 Å². The third-order valence-corrected chi connectivity index (χ3v) is 6.44. The Morgan fingerprint density at radius 3 is 2.68 bits per heavy atom. The molecular weight excluding hydrogens is 376 g/mol. The normalized spacial score (nSPS) is 17.9. The summed E-state index contributed by atoms with van der Waals surface area (Å²) in [6.07, 6.45) is 4.88. The van der Waals surface area contributed by atoms with Gasteiger partial charge in [-0.15, -0.1) is 0 Å². The molecule has 0 spiro atoms. The Kier molecular flexibility index (Phi) is 4.72. The molecule has 0 saturated carbocycles. The van der Waals surface area contributed by atoms with Crippen LogP contribution in [0.4, 0.5) is 11.5 Å². The maximum Gasteiger partial charge on any atom is 0.175 e. The van der Waals surface area contributed by atoms with Crippen LogP contribution in [0, 0.1) is 0 Å². The van der Waals surface area contributed by atoms with Gasteiger partial charge in [0.15, 0.2) is 15.7 Å². The fourth-order valence-electron chi connectivity index (χ4n) is 3.80. The lowest BCUT2D eigenvalue weighted by atomic mass is 10.1. The van der Waals surface area contributed by atoms with E-state index < -0.39 is 9.84 Å². The van der Waals surface area contributed by atoms with Gasteiger partial charge in [-0.1, -0.05) is 12.1 Å². The first-order valence-electron chi connectivity index (χ1n) is 9.23. The smallest absolute Gasteiger partial charge is 0.175 e. The van der Waals surface area contributed by atoms with Crippen LogP contribution in [0.15, 0.2) is 41.6 Å². The third kappa shape index (κ3) is 3.31. The Bertz CT molecular complexity index is 1110. The topological polar surface area (TPSA) is 106 Å². The molecule has 1 atom stereocenters. The summed E-state index contributed by atoms with van der Waals surface area (Å²) < 4.78 is 25.3. The van der Waals surface area contributed by atoms with Crippen molar-refractivity contribution in [3.05, 3.63) is 36.7 Å². The fourth-order valence-corrected chi connectivity index (χ4v) is 4.43. The number of piperidine rings is 1. The SMILES string of the molecule is CN[C@@H]1CCCN(c2cc(-c3ccc(S(C)(=O)=O)cc3)n3ncnc(N)c23)C1. The highest BCUT2D eigenvalue weighted by Gasteiger charge is 2.24. The number of nitrogens with two attached hydrogens (primary N) is 1. The van der Waals surface area contributed by atoms with Crippen LogP contribution in [0.2, 0.25) is 0 Å². The average molecular weight is 401 g/mol. The molecular formula is C19H24N6O2S. The summed E-state index contributed by atoms with van der Waals surface area (Å²) in [5.41, 5.74) is 9.71. The van der Waals surface area contributed by atoms with E-state index in [-0.39, 0.29) is 0 Å². The Labute approximate surface area is 164 Å². The summed E-state index contributed by atoms with van der Waals surface area (Å²) in [5.74, 6) is 0.426. The van der Waals surface area contributed by atoms with Gasteiger partial charge in [0.2, 0.25) is 0 Å². The lowest BCUT2D eigenvalue weighted by Crippen LogP contribution is -2.44. The second-order valence-electron chi connectivity index (χ2n) is 7.19. The lowest BCUT2D eigenvalue weighted by Gasteiger charge is -2.33. The molecule has 3 aromatic rings. The van der Waals surface area contributed by atoms with Crippen molar-refractivity contribution >= 4 is 26.9 Å². The maximum absolute atomic E-state index is 11.8. The highest BCUT2D eigenvalue weighted by molar-refractivity contribution is 7.90. The molecule has 28 heavy (non-hydrogen) atoms. The average Bonchev–Trinajstić information content (AvgIpc) is 3.08. The van der Waals surface area contributed by atoms with Gasteiger partial charge in [0.25, 0.3) is 0 Å². The molecule has 3 N–H and O–H groups in total. The predicted molar refractivity (Wildman–Crippen MR) is 110 cm³/mol. The second-order valence-corrected chi connectivity index (χ2v) is 9.21. The van der Waals surface area contributed by atoms with Crippen LogP contribution in [0.3, 0.4) is 0 Å². The van der Waals surface area contributed by atoms with Gasteiger partial charge in [-0.25, -0.2) is 17.9 Å². The number of nitrogens with one attached hydrogen (secondary N) is 1. The second kappa shape index (κ2) is 7.06. The van der Waals surface area contributed by atoms with Crippen LogP contribution >= 0.6 is 0 Å². The minimum absolute atomic E-state index is 0.291. The molecule has 0 aliphatic carbocycles. The van der Waals surface area contributed by atoms with E-state index in [0.717, 1.165) is 48.4 Å². The molecule has 0 unspecified atom stereocenters. The summed E-state index contributed by atoms with van der Waals surface area (Å²) in [4.78, 5) is 6.78. The molecule has 0 bridgehead atoms. The molecule has 1 saturated heterocycles. The summed E-state index contributed by atoms with van der Waals surface area (Å²) in [6, 6.07) is 9.32. The van der Waals surface area contributed by atoms with Gasteiger partial charge in [-0.05, 0) is 38.1 Å². The number of anilines is 2. The van der Waals surface area contributed by atoms with Crippen molar-refractivity contribution in [2.75, 3.05) is 37.0 Å². The number of hydrogen-bond acceptors (Lipinski definition) is 7. The van der Waals surface area contributed by atoms with Crippen molar-refractivity contribution in [2.24, 2.45) is 0 Å². The standard InChI is InChI=1S/C19H24N6O2S/c1-21-14-4-3-9-24(11-14)17-10-16(25-18(17)19(20)22-12-23-25)13-5-7-15(8-6-13)28(2,26)27/h5-8,10,12,14,21H,3-4,9,11H2,1-2H3,(H2,20,22,23)/t14-/m1/s1. The number of nitrogen functional groups attached to an aromatic ring is 1. The highest BCUT2D eigenvalue weighted by atomic mass is 32.2. The summed E-state index contributed by atoms with van der Waals surface area (Å²) in [5, 5.41) is 7.77. The van der Waals surface area contributed by atoms with E-state index in [1.54, 1.807) is 28.8 Å². The van der Waals surface area contributed by atoms with Crippen molar-refractivity contribution in [2.45, 2.75) is 23.8 Å². The van der Waals surface area contributed by atoms with Crippen molar-refractivity contribution in [1.29, 1.82) is 0 Å². The van der Waals surface area contributed by atoms with Gasteiger partial charge in [-0.3, -0.25) is 0 Å². The van der Waals surface area contributed by atoms with Crippen LogP contribution in [0.25, 0.3) is 16.8 Å². The number of benzene rings is 1. The van der Waals surface area contributed by atoms with E-state index in [1.165, 1.54) is 12.6 Å². The van der Waals surface area contributed by atoms with Crippen molar-refractivity contribution in [3.63, 3.8) is 0 Å². The minimum Gasteiger partial charge on any atom is -0.382 e. The number of rotatable bonds is 4. The number of aromatic nitrogens is 3. The van der Waals surface area contributed by atoms with Gasteiger partial charge in [0.05, 0.1) is 16.3 Å². The van der Waals surface area contributed by atoms with Crippen LogP contribution in [0.5, 0.6) is 0 Å². The number of hydrogen-bond donors (Lipinski definition) is 2. The maximum atomic E-state index is 11.8. The first-order valence-corrected chi connectivity index (χ1v) is 11.1. The first kappa shape index (κ1) is 18.7. The third-order valence-electron chi connectivity index (χ3n) is 5.31. The Hall–Kier alpha value is -2.65. The number of sulfone groups is 1. The van der Waals surface area contributed by atoms with Crippen molar-refractivity contribution < 1.29 is 8.42 Å². The van der Waals surface area contributed by atoms with E-state index in [0.29, 0.717) is 16.8 Å². The quantitative estimate of drug-likeness (QED) is 0.685. The van der Waals surface area contributed by atoms with Gasteiger partial charge in [0.1, 0.15) is 11.8 Å². The molecule has 1 aliphatic heterocycles. The van der Waals surface area contributed by atoms with Crippen LogP contribution in [0.1, 0.15) is 12.8 Å². The first-order chi connectivity index (χ1) is 13.4. The van der Waals surface area contributed by atoms with Crippen molar-refractivity contribution in [1.82, 2.24) is 19.9 Å². The van der Waals surface area contributed by atoms with Crippen LogP contribution < -0.4 is 16.0 Å². The predicted octanol–water partition coefficient (Wildman–Crippen LogP) is 1.57. The molecule has 3 heterocycles. The molecule has 148 valence electrons. The summed E-state index contributed by atoms with van der Waals surface area (Å²) in [6.45, 7) is 1.83. The molecule has 9 heteroatoms. The lowest BCUT2D eigenvalue weighted by molar-refractivity contribution is 0.450. The van der Waals surface area contributed by atoms with E-state index in [9.17, 15) is 8.42 Å². The Morgan fingerprint density at radius 2 is 2.00 bits per heavy atom. The molecule has 1 aliphatic rings. The van der Waals surface area contributed by atoms with Gasteiger partial charge in [0, 0.05) is 31.0 Å². The number of likely N-dealkylation sites (N-methyl/N-ethyl adjacent to an activating group) is 1. The van der Waals surface area contributed by atoms with Gasteiger partial charge >= 0.3 is 0 Å². The molecule has 0 amide bonds. The van der Waals surface area contributed by atoms with E-state index >= 15 is 0 Å². The van der Waals surface area contributed by atoms with Crippen LogP contribution in [-0.4, -0.2) is 55.5 Å². The number of fused-ring (bicyclic) bond motifs is 1. The molecule has 0 radical (unpaired) electrons. The zero-order valence-electron chi connectivity index (χ0n) is 16.0. The molecule has 1 aromatic carbocycles. The van der Waals surface area contributed by atoms with Gasteiger partial charge < -0.3 is 16.0 Å². The number of nitrogens with zero attached hydrogens (tertiary/aromatic N) is 4. The largest absolute Gasteiger partial charge is 0.382 e.